The molecule has 1 N–H and O–H groups in total. The fraction of sp³-hybridized carbons (Fsp3) is 0.786. The Morgan fingerprint density at radius 3 is 2.70 bits per heavy atom. The molecule has 2 bridgehead atoms. The molecule has 2 heterocycles. The number of allylic oxidation sites excluding steroid dienone is 2. The number of ether oxygens (including phenoxy) is 2. The van der Waals surface area contributed by atoms with Crippen LogP contribution in [0, 0.1) is 11.8 Å². The van der Waals surface area contributed by atoms with Crippen molar-refractivity contribution >= 4 is 6.29 Å². The summed E-state index contributed by atoms with van der Waals surface area (Å²) in [5, 5.41) is 10.2. The third kappa shape index (κ3) is 2.31. The van der Waals surface area contributed by atoms with Crippen LogP contribution in [0.25, 0.3) is 0 Å². The van der Waals surface area contributed by atoms with Gasteiger partial charge in [-0.15, -0.1) is 0 Å². The maximum Gasteiger partial charge on any atom is 0.236 e. The van der Waals surface area contributed by atoms with E-state index in [0.717, 1.165) is 6.29 Å². The minimum absolute atomic E-state index is 0.0854. The van der Waals surface area contributed by atoms with Crippen molar-refractivity contribution in [2.45, 2.75) is 51.0 Å². The number of aldehydes is 1. The van der Waals surface area contributed by atoms with Crippen molar-refractivity contribution in [2.24, 2.45) is 11.8 Å². The second kappa shape index (κ2) is 5.54. The first-order chi connectivity index (χ1) is 9.39. The predicted molar refractivity (Wildman–Crippen MR) is 69.3 cm³/mol. The normalized spacial score (nSPS) is 43.0. The minimum Gasteiger partial charge on any atom is -0.384 e. The van der Waals surface area contributed by atoms with Gasteiger partial charge in [-0.3, -0.25) is 4.79 Å². The van der Waals surface area contributed by atoms with Crippen molar-refractivity contribution in [3.8, 4) is 0 Å². The smallest absolute Gasteiger partial charge is 0.236 e. The van der Waals surface area contributed by atoms with E-state index < -0.39 is 23.8 Å². The van der Waals surface area contributed by atoms with Gasteiger partial charge in [-0.2, -0.15) is 9.78 Å². The number of carbonyl (C=O) groups is 1. The van der Waals surface area contributed by atoms with Crippen LogP contribution < -0.4 is 0 Å². The zero-order chi connectivity index (χ0) is 15.0. The molecule has 2 saturated heterocycles. The monoisotopic (exact) mass is 286 g/mol. The zero-order valence-corrected chi connectivity index (χ0v) is 12.2. The van der Waals surface area contributed by atoms with Crippen molar-refractivity contribution < 1.29 is 29.1 Å². The summed E-state index contributed by atoms with van der Waals surface area (Å²) in [5.74, 6) is -2.24. The van der Waals surface area contributed by atoms with Gasteiger partial charge in [0.25, 0.3) is 0 Å². The van der Waals surface area contributed by atoms with Crippen LogP contribution in [0.3, 0.4) is 0 Å². The van der Waals surface area contributed by atoms with E-state index in [1.807, 2.05) is 19.9 Å². The lowest BCUT2D eigenvalue weighted by Gasteiger charge is -2.36. The Labute approximate surface area is 118 Å². The molecule has 0 aromatic rings. The quantitative estimate of drug-likeness (QED) is 0.449. The van der Waals surface area contributed by atoms with Crippen molar-refractivity contribution in [3.05, 3.63) is 12.2 Å². The molecule has 2 aliphatic heterocycles. The SMILES string of the molecule is CO[C@@H]1[C@H](O)[C@]2(C)OOC1([C@H](C)C[C@H](C)/C=C/C=O)O2. The molecule has 20 heavy (non-hydrogen) atoms. The molecular formula is C14H22O6. The van der Waals surface area contributed by atoms with Gasteiger partial charge in [-0.1, -0.05) is 19.9 Å². The molecule has 0 aliphatic carbocycles. The van der Waals surface area contributed by atoms with Crippen LogP contribution in [-0.4, -0.2) is 42.3 Å². The number of rotatable bonds is 6. The van der Waals surface area contributed by atoms with Crippen LogP contribution in [0.4, 0.5) is 0 Å². The topological polar surface area (TPSA) is 74.2 Å². The van der Waals surface area contributed by atoms with Gasteiger partial charge in [-0.25, -0.2) is 0 Å². The maximum atomic E-state index is 10.4. The van der Waals surface area contributed by atoms with Crippen molar-refractivity contribution in [3.63, 3.8) is 0 Å². The number of fused-ring (bicyclic) bond motifs is 2. The summed E-state index contributed by atoms with van der Waals surface area (Å²) in [6, 6.07) is 0. The fourth-order valence-electron chi connectivity index (χ4n) is 3.00. The largest absolute Gasteiger partial charge is 0.384 e. The molecule has 2 rings (SSSR count). The van der Waals surface area contributed by atoms with Gasteiger partial charge in [0.15, 0.2) is 0 Å². The third-order valence-corrected chi connectivity index (χ3v) is 4.10. The highest BCUT2D eigenvalue weighted by molar-refractivity contribution is 5.64. The van der Waals surface area contributed by atoms with Gasteiger partial charge in [0.1, 0.15) is 18.5 Å². The molecule has 0 aromatic heterocycles. The molecule has 1 unspecified atom stereocenters. The van der Waals surface area contributed by atoms with E-state index in [1.54, 1.807) is 6.92 Å². The molecule has 0 aromatic carbocycles. The Hall–Kier alpha value is -0.790. The van der Waals surface area contributed by atoms with E-state index in [1.165, 1.54) is 13.2 Å². The molecule has 0 radical (unpaired) electrons. The Bertz CT molecular complexity index is 397. The number of hydrogen-bond donors (Lipinski definition) is 1. The molecular weight excluding hydrogens is 264 g/mol. The van der Waals surface area contributed by atoms with Crippen LogP contribution in [-0.2, 0) is 24.0 Å². The maximum absolute atomic E-state index is 10.4. The van der Waals surface area contributed by atoms with E-state index in [2.05, 4.69) is 0 Å². The number of methoxy groups -OCH3 is 1. The van der Waals surface area contributed by atoms with E-state index in [-0.39, 0.29) is 11.8 Å². The summed E-state index contributed by atoms with van der Waals surface area (Å²) >= 11 is 0. The van der Waals surface area contributed by atoms with Crippen LogP contribution in [0.15, 0.2) is 12.2 Å². The summed E-state index contributed by atoms with van der Waals surface area (Å²) in [6.07, 6.45) is 3.23. The lowest BCUT2D eigenvalue weighted by molar-refractivity contribution is -0.419. The van der Waals surface area contributed by atoms with Crippen molar-refractivity contribution in [1.29, 1.82) is 0 Å². The standard InChI is InChI=1S/C14H22O6/c1-9(6-5-7-15)8-10(2)14-12(17-4)11(16)13(3,18-14)19-20-14/h5-7,9-12,16H,8H2,1-4H3/b6-5+/t9-,10-,11+,12-,13+,14?/m1/s1. The Morgan fingerprint density at radius 1 is 1.40 bits per heavy atom. The van der Waals surface area contributed by atoms with E-state index in [4.69, 9.17) is 19.2 Å². The highest BCUT2D eigenvalue weighted by atomic mass is 17.3. The number of aliphatic hydroxyl groups excluding tert-OH is 1. The lowest BCUT2D eigenvalue weighted by atomic mass is 9.86. The van der Waals surface area contributed by atoms with Gasteiger partial charge >= 0.3 is 0 Å². The first kappa shape index (κ1) is 15.6. The second-order valence-electron chi connectivity index (χ2n) is 5.74. The summed E-state index contributed by atoms with van der Waals surface area (Å²) in [4.78, 5) is 20.9. The van der Waals surface area contributed by atoms with Gasteiger partial charge in [0.05, 0.1) is 0 Å². The fourth-order valence-corrected chi connectivity index (χ4v) is 3.00. The van der Waals surface area contributed by atoms with Gasteiger partial charge in [-0.05, 0) is 25.3 Å². The highest BCUT2D eigenvalue weighted by Gasteiger charge is 2.71. The van der Waals surface area contributed by atoms with E-state index in [0.29, 0.717) is 6.42 Å². The third-order valence-electron chi connectivity index (χ3n) is 4.10. The molecule has 0 saturated carbocycles. The second-order valence-corrected chi connectivity index (χ2v) is 5.74. The predicted octanol–water partition coefficient (Wildman–Crippen LogP) is 1.18. The summed E-state index contributed by atoms with van der Waals surface area (Å²) in [5.41, 5.74) is 0. The van der Waals surface area contributed by atoms with Crippen LogP contribution >= 0.6 is 0 Å². The van der Waals surface area contributed by atoms with E-state index >= 15 is 0 Å². The van der Waals surface area contributed by atoms with Gasteiger partial charge in [0, 0.05) is 13.0 Å². The molecule has 6 atom stereocenters. The lowest BCUT2D eigenvalue weighted by Crippen LogP contribution is -2.54. The van der Waals surface area contributed by atoms with E-state index in [9.17, 15) is 9.90 Å². The molecule has 2 fully saturated rings. The molecule has 6 heteroatoms. The molecule has 2 aliphatic rings. The number of aliphatic hydroxyl groups is 1. The average Bonchev–Trinajstić information content (AvgIpc) is 2.87. The molecule has 0 amide bonds. The average molecular weight is 286 g/mol. The Kier molecular flexibility index (Phi) is 4.32. The Balaban J connectivity index is 2.13. The van der Waals surface area contributed by atoms with Crippen LogP contribution in [0.5, 0.6) is 0 Å². The minimum atomic E-state index is -1.20. The van der Waals surface area contributed by atoms with Gasteiger partial charge < -0.3 is 14.6 Å². The summed E-state index contributed by atoms with van der Waals surface area (Å²) in [7, 11) is 1.51. The van der Waals surface area contributed by atoms with Gasteiger partial charge in [0.2, 0.25) is 11.6 Å². The molecule has 0 spiro atoms. The first-order valence-corrected chi connectivity index (χ1v) is 6.79. The zero-order valence-electron chi connectivity index (χ0n) is 12.2. The van der Waals surface area contributed by atoms with Crippen molar-refractivity contribution in [2.75, 3.05) is 7.11 Å². The molecule has 114 valence electrons. The van der Waals surface area contributed by atoms with Crippen LogP contribution in [0.2, 0.25) is 0 Å². The molecule has 6 nitrogen and oxygen atoms in total. The van der Waals surface area contributed by atoms with Crippen LogP contribution in [0.1, 0.15) is 27.2 Å². The highest BCUT2D eigenvalue weighted by Crippen LogP contribution is 2.52. The summed E-state index contributed by atoms with van der Waals surface area (Å²) in [6.45, 7) is 5.57. The number of hydrogen-bond acceptors (Lipinski definition) is 6. The summed E-state index contributed by atoms with van der Waals surface area (Å²) < 4.78 is 11.2. The number of carbonyl (C=O) groups excluding carboxylic acids is 1. The first-order valence-electron chi connectivity index (χ1n) is 6.79. The Morgan fingerprint density at radius 2 is 2.10 bits per heavy atom. The van der Waals surface area contributed by atoms with Crippen molar-refractivity contribution in [1.82, 2.24) is 0 Å².